The second-order valence-electron chi connectivity index (χ2n) is 8.06. The quantitative estimate of drug-likeness (QED) is 0.355. The molecule has 1 fully saturated rings. The molecule has 3 N–H and O–H groups in total. The standard InChI is InChI=1S/C24H24N6O2S2/c31-22(25-14-18-7-4-12-33-18)20-15-34-23(26-20)17-8-10-30(11-9-17)24(32)27-21-13-19(28-29-21)16-5-2-1-3-6-16/h1-7,12-13,15,17H,8-11,14H2,(H,25,31)(H2,27,28,29,32). The van der Waals surface area contributed by atoms with E-state index in [1.54, 1.807) is 16.2 Å². The van der Waals surface area contributed by atoms with Gasteiger partial charge in [-0.1, -0.05) is 36.4 Å². The summed E-state index contributed by atoms with van der Waals surface area (Å²) in [5.74, 6) is 0.605. The molecule has 0 radical (unpaired) electrons. The van der Waals surface area contributed by atoms with Gasteiger partial charge in [-0.2, -0.15) is 5.10 Å². The Labute approximate surface area is 205 Å². The molecule has 10 heteroatoms. The summed E-state index contributed by atoms with van der Waals surface area (Å²) in [6.45, 7) is 1.78. The molecule has 34 heavy (non-hydrogen) atoms. The van der Waals surface area contributed by atoms with E-state index in [0.717, 1.165) is 34.0 Å². The summed E-state index contributed by atoms with van der Waals surface area (Å²) in [4.78, 5) is 32.6. The number of amides is 3. The number of nitrogens with one attached hydrogen (secondary N) is 3. The summed E-state index contributed by atoms with van der Waals surface area (Å²) >= 11 is 3.13. The van der Waals surface area contributed by atoms with Crippen molar-refractivity contribution in [1.29, 1.82) is 0 Å². The molecule has 1 aromatic carbocycles. The van der Waals surface area contributed by atoms with E-state index in [2.05, 4.69) is 25.8 Å². The molecule has 174 valence electrons. The van der Waals surface area contributed by atoms with Crippen molar-refractivity contribution in [3.8, 4) is 11.3 Å². The van der Waals surface area contributed by atoms with Gasteiger partial charge >= 0.3 is 6.03 Å². The Hall–Kier alpha value is -3.50. The summed E-state index contributed by atoms with van der Waals surface area (Å²) in [5.41, 5.74) is 2.33. The Kier molecular flexibility index (Phi) is 6.68. The topological polar surface area (TPSA) is 103 Å². The molecule has 4 heterocycles. The van der Waals surface area contributed by atoms with Gasteiger partial charge in [-0.25, -0.2) is 9.78 Å². The van der Waals surface area contributed by atoms with Gasteiger partial charge in [0.25, 0.3) is 5.91 Å². The van der Waals surface area contributed by atoms with Crippen LogP contribution >= 0.6 is 22.7 Å². The van der Waals surface area contributed by atoms with Crippen molar-refractivity contribution in [2.45, 2.75) is 25.3 Å². The number of thiazole rings is 1. The van der Waals surface area contributed by atoms with Crippen molar-refractivity contribution < 1.29 is 9.59 Å². The van der Waals surface area contributed by atoms with Crippen LogP contribution in [-0.2, 0) is 6.54 Å². The Balaban J connectivity index is 1.11. The summed E-state index contributed by atoms with van der Waals surface area (Å²) < 4.78 is 0. The Morgan fingerprint density at radius 1 is 1.09 bits per heavy atom. The van der Waals surface area contributed by atoms with Crippen LogP contribution in [0.25, 0.3) is 11.3 Å². The molecular weight excluding hydrogens is 468 g/mol. The molecule has 3 amide bonds. The number of carbonyl (C=O) groups excluding carboxylic acids is 2. The van der Waals surface area contributed by atoms with E-state index in [1.165, 1.54) is 11.3 Å². The highest BCUT2D eigenvalue weighted by Gasteiger charge is 2.26. The number of aromatic amines is 1. The Bertz CT molecular complexity index is 1240. The number of likely N-dealkylation sites (tertiary alicyclic amines) is 1. The number of thiophene rings is 1. The van der Waals surface area contributed by atoms with Crippen LogP contribution in [0.3, 0.4) is 0 Å². The van der Waals surface area contributed by atoms with Crippen LogP contribution in [0.2, 0.25) is 0 Å². The van der Waals surface area contributed by atoms with Crippen LogP contribution in [0, 0.1) is 0 Å². The highest BCUT2D eigenvalue weighted by molar-refractivity contribution is 7.10. The number of piperidine rings is 1. The number of hydrogen-bond donors (Lipinski definition) is 3. The molecule has 5 rings (SSSR count). The number of carbonyl (C=O) groups is 2. The van der Waals surface area contributed by atoms with E-state index >= 15 is 0 Å². The molecule has 1 saturated heterocycles. The summed E-state index contributed by atoms with van der Waals surface area (Å²) in [5, 5.41) is 17.7. The number of nitrogens with zero attached hydrogens (tertiary/aromatic N) is 3. The van der Waals surface area contributed by atoms with Gasteiger partial charge in [0.15, 0.2) is 5.82 Å². The number of aromatic nitrogens is 3. The van der Waals surface area contributed by atoms with E-state index in [1.807, 2.05) is 59.3 Å². The molecule has 3 aromatic heterocycles. The maximum atomic E-state index is 12.7. The van der Waals surface area contributed by atoms with Crippen LogP contribution in [0.15, 0.2) is 59.3 Å². The molecule has 0 saturated carbocycles. The second-order valence-corrected chi connectivity index (χ2v) is 9.98. The van der Waals surface area contributed by atoms with Crippen LogP contribution in [0.4, 0.5) is 10.6 Å². The minimum atomic E-state index is -0.155. The van der Waals surface area contributed by atoms with Crippen molar-refractivity contribution in [1.82, 2.24) is 25.4 Å². The second kappa shape index (κ2) is 10.2. The maximum absolute atomic E-state index is 12.7. The van der Waals surface area contributed by atoms with Gasteiger partial charge in [0, 0.05) is 35.3 Å². The lowest BCUT2D eigenvalue weighted by Gasteiger charge is -2.30. The first kappa shape index (κ1) is 22.3. The summed E-state index contributed by atoms with van der Waals surface area (Å²) in [7, 11) is 0. The van der Waals surface area contributed by atoms with E-state index in [-0.39, 0.29) is 17.9 Å². The molecule has 0 unspecified atom stereocenters. The average Bonchev–Trinajstić information content (AvgIpc) is 3.65. The average molecular weight is 493 g/mol. The molecule has 0 atom stereocenters. The van der Waals surface area contributed by atoms with Crippen molar-refractivity contribution in [3.63, 3.8) is 0 Å². The molecule has 1 aliphatic heterocycles. The van der Waals surface area contributed by atoms with E-state index in [0.29, 0.717) is 31.1 Å². The smallest absolute Gasteiger partial charge is 0.323 e. The Morgan fingerprint density at radius 3 is 2.68 bits per heavy atom. The van der Waals surface area contributed by atoms with E-state index < -0.39 is 0 Å². The van der Waals surface area contributed by atoms with Gasteiger partial charge in [-0.05, 0) is 29.9 Å². The van der Waals surface area contributed by atoms with Gasteiger partial charge < -0.3 is 10.2 Å². The van der Waals surface area contributed by atoms with E-state index in [9.17, 15) is 9.59 Å². The number of benzene rings is 1. The molecular formula is C24H24N6O2S2. The van der Waals surface area contributed by atoms with Gasteiger partial charge in [0.05, 0.1) is 17.2 Å². The number of hydrogen-bond acceptors (Lipinski definition) is 6. The first-order valence-electron chi connectivity index (χ1n) is 11.1. The third-order valence-corrected chi connectivity index (χ3v) is 7.67. The number of anilines is 1. The fourth-order valence-electron chi connectivity index (χ4n) is 3.92. The highest BCUT2D eigenvalue weighted by Crippen LogP contribution is 2.30. The predicted octanol–water partition coefficient (Wildman–Crippen LogP) is 4.94. The van der Waals surface area contributed by atoms with Crippen molar-refractivity contribution in [3.05, 3.63) is 74.9 Å². The zero-order valence-electron chi connectivity index (χ0n) is 18.4. The summed E-state index contributed by atoms with van der Waals surface area (Å²) in [6.07, 6.45) is 1.63. The number of urea groups is 1. The minimum Gasteiger partial charge on any atom is -0.346 e. The van der Waals surface area contributed by atoms with Gasteiger partial charge in [0.2, 0.25) is 0 Å². The maximum Gasteiger partial charge on any atom is 0.323 e. The minimum absolute atomic E-state index is 0.151. The first-order chi connectivity index (χ1) is 16.7. The lowest BCUT2D eigenvalue weighted by molar-refractivity contribution is 0.0946. The normalized spacial score (nSPS) is 14.2. The molecule has 0 aliphatic carbocycles. The zero-order chi connectivity index (χ0) is 23.3. The predicted molar refractivity (Wildman–Crippen MR) is 134 cm³/mol. The van der Waals surface area contributed by atoms with Gasteiger partial charge in [0.1, 0.15) is 5.69 Å². The summed E-state index contributed by atoms with van der Waals surface area (Å²) in [6, 6.07) is 15.5. The zero-order valence-corrected chi connectivity index (χ0v) is 20.0. The van der Waals surface area contributed by atoms with Crippen molar-refractivity contribution in [2.24, 2.45) is 0 Å². The van der Waals surface area contributed by atoms with Crippen LogP contribution in [0.1, 0.15) is 39.1 Å². The molecule has 4 aromatic rings. The first-order valence-corrected chi connectivity index (χ1v) is 12.8. The largest absolute Gasteiger partial charge is 0.346 e. The highest BCUT2D eigenvalue weighted by atomic mass is 32.1. The Morgan fingerprint density at radius 2 is 1.91 bits per heavy atom. The van der Waals surface area contributed by atoms with Crippen molar-refractivity contribution >= 4 is 40.4 Å². The van der Waals surface area contributed by atoms with Crippen molar-refractivity contribution in [2.75, 3.05) is 18.4 Å². The lowest BCUT2D eigenvalue weighted by Crippen LogP contribution is -2.40. The third-order valence-electron chi connectivity index (χ3n) is 5.79. The number of H-pyrrole nitrogens is 1. The molecule has 0 bridgehead atoms. The lowest BCUT2D eigenvalue weighted by atomic mass is 9.98. The fraction of sp³-hybridized carbons (Fsp3) is 0.250. The molecule has 8 nitrogen and oxygen atoms in total. The van der Waals surface area contributed by atoms with Gasteiger partial charge in [-0.3, -0.25) is 15.2 Å². The molecule has 0 spiro atoms. The van der Waals surface area contributed by atoms with Gasteiger partial charge in [-0.15, -0.1) is 22.7 Å². The van der Waals surface area contributed by atoms with Crippen LogP contribution < -0.4 is 10.6 Å². The van der Waals surface area contributed by atoms with Crippen LogP contribution in [-0.4, -0.2) is 45.1 Å². The fourth-order valence-corrected chi connectivity index (χ4v) is 5.54. The molecule has 1 aliphatic rings. The number of rotatable bonds is 6. The SMILES string of the molecule is O=C(NCc1cccs1)c1csc(C2CCN(C(=O)Nc3cc(-c4ccccc4)[nH]n3)CC2)n1. The van der Waals surface area contributed by atoms with E-state index in [4.69, 9.17) is 0 Å². The monoisotopic (exact) mass is 492 g/mol. The third kappa shape index (κ3) is 5.18. The van der Waals surface area contributed by atoms with Crippen LogP contribution in [0.5, 0.6) is 0 Å².